The van der Waals surface area contributed by atoms with E-state index in [1.165, 1.54) is 18.2 Å². The fraction of sp³-hybridized carbons (Fsp3) is 0.600. The first-order valence-electron chi connectivity index (χ1n) is 16.4. The van der Waals surface area contributed by atoms with E-state index in [1.807, 2.05) is 20.8 Å². The van der Waals surface area contributed by atoms with Gasteiger partial charge in [0.25, 0.3) is 0 Å². The highest BCUT2D eigenvalue weighted by Crippen LogP contribution is 2.32. The quantitative estimate of drug-likeness (QED) is 0.0932. The zero-order valence-corrected chi connectivity index (χ0v) is 29.1. The maximum absolute atomic E-state index is 13.0. The van der Waals surface area contributed by atoms with E-state index < -0.39 is 23.3 Å². The molecule has 0 radical (unpaired) electrons. The molecule has 50 heavy (non-hydrogen) atoms. The lowest BCUT2D eigenvalue weighted by Gasteiger charge is -2.19. The normalized spacial score (nSPS) is 11.8. The van der Waals surface area contributed by atoms with Crippen molar-refractivity contribution in [3.05, 3.63) is 59.7 Å². The number of rotatable bonds is 27. The average molecular weight is 718 g/mol. The Balaban J connectivity index is 1.35. The van der Waals surface area contributed by atoms with Crippen molar-refractivity contribution in [1.29, 1.82) is 0 Å². The number of carbonyl (C=O) groups excluding carboxylic acids is 2. The van der Waals surface area contributed by atoms with E-state index in [0.717, 1.165) is 12.1 Å². The first kappa shape index (κ1) is 42.9. The lowest BCUT2D eigenvalue weighted by atomic mass is 10.1. The van der Waals surface area contributed by atoms with E-state index in [9.17, 15) is 22.8 Å². The van der Waals surface area contributed by atoms with Crippen LogP contribution in [0.5, 0.6) is 0 Å². The highest BCUT2D eigenvalue weighted by molar-refractivity contribution is 5.96. The molecule has 2 aromatic rings. The van der Waals surface area contributed by atoms with Gasteiger partial charge in [-0.25, -0.2) is 4.79 Å². The molecule has 2 aromatic carbocycles. The summed E-state index contributed by atoms with van der Waals surface area (Å²) in [5.41, 5.74) is -0.598. The summed E-state index contributed by atoms with van der Waals surface area (Å²) in [5, 5.41) is 2.85. The van der Waals surface area contributed by atoms with E-state index >= 15 is 0 Å². The van der Waals surface area contributed by atoms with Crippen molar-refractivity contribution < 1.29 is 65.4 Å². The summed E-state index contributed by atoms with van der Waals surface area (Å²) >= 11 is 0. The number of hydrogen-bond acceptors (Lipinski definition) is 12. The number of ether oxygens (including phenoxy) is 9. The molecule has 0 bridgehead atoms. The summed E-state index contributed by atoms with van der Waals surface area (Å²) in [7, 11) is 0. The Labute approximate surface area is 291 Å². The number of anilines is 2. The van der Waals surface area contributed by atoms with Crippen molar-refractivity contribution in [3.8, 4) is 0 Å². The van der Waals surface area contributed by atoms with Gasteiger partial charge in [-0.3, -0.25) is 4.79 Å². The topological polar surface area (TPSA) is 129 Å². The lowest BCUT2D eigenvalue weighted by Crippen LogP contribution is -2.24. The standard InChI is InChI=1S/C35H50F3NO11/c1-34(2,3)50-32(40)11-12-42-13-14-43-15-16-44-17-18-45-19-20-46-21-22-47-23-24-48-25-26-49-33(41)30-9-4-5-10-31(30)39-29-8-6-7-28(27-29)35(36,37)38/h4-10,27,39H,11-26H2,1-3H3. The number of benzene rings is 2. The van der Waals surface area contributed by atoms with E-state index in [2.05, 4.69) is 5.32 Å². The fourth-order valence-electron chi connectivity index (χ4n) is 3.94. The SMILES string of the molecule is CC(C)(C)OC(=O)CCOCCOCCOCCOCCOCCOCCOCCOC(=O)c1ccccc1Nc1cccc(C(F)(F)F)c1. The Hall–Kier alpha value is -3.31. The number of carbonyl (C=O) groups is 2. The highest BCUT2D eigenvalue weighted by atomic mass is 19.4. The Kier molecular flexibility index (Phi) is 21.2. The Bertz CT molecular complexity index is 1220. The van der Waals surface area contributed by atoms with Crippen LogP contribution in [0.1, 0.15) is 43.1 Å². The van der Waals surface area contributed by atoms with Gasteiger partial charge in [-0.1, -0.05) is 18.2 Å². The van der Waals surface area contributed by atoms with Crippen LogP contribution in [-0.2, 0) is 53.6 Å². The summed E-state index contributed by atoms with van der Waals surface area (Å²) < 4.78 is 87.5. The maximum Gasteiger partial charge on any atom is 0.416 e. The van der Waals surface area contributed by atoms with Crippen molar-refractivity contribution >= 4 is 23.3 Å². The number of hydrogen-bond donors (Lipinski definition) is 1. The van der Waals surface area contributed by atoms with Gasteiger partial charge in [0.05, 0.1) is 116 Å². The molecule has 0 amide bonds. The second kappa shape index (κ2) is 24.8. The molecular weight excluding hydrogens is 667 g/mol. The summed E-state index contributed by atoms with van der Waals surface area (Å²) in [6.45, 7) is 10.7. The fourth-order valence-corrected chi connectivity index (χ4v) is 3.94. The molecule has 0 saturated carbocycles. The summed E-state index contributed by atoms with van der Waals surface area (Å²) in [5.74, 6) is -0.918. The van der Waals surface area contributed by atoms with Crippen LogP contribution in [0.15, 0.2) is 48.5 Å². The molecule has 0 fully saturated rings. The predicted molar refractivity (Wildman–Crippen MR) is 178 cm³/mol. The van der Waals surface area contributed by atoms with Crippen LogP contribution in [0.25, 0.3) is 0 Å². The number of nitrogens with one attached hydrogen (secondary N) is 1. The van der Waals surface area contributed by atoms with Gasteiger partial charge in [-0.15, -0.1) is 0 Å². The van der Waals surface area contributed by atoms with Crippen molar-refractivity contribution in [3.63, 3.8) is 0 Å². The van der Waals surface area contributed by atoms with Gasteiger partial charge in [0.2, 0.25) is 0 Å². The molecule has 0 aromatic heterocycles. The molecule has 0 atom stereocenters. The first-order valence-corrected chi connectivity index (χ1v) is 16.4. The maximum atomic E-state index is 13.0. The number of para-hydroxylation sites is 1. The number of alkyl halides is 3. The molecule has 1 N–H and O–H groups in total. The minimum Gasteiger partial charge on any atom is -0.460 e. The number of esters is 2. The molecule has 15 heteroatoms. The molecule has 0 heterocycles. The van der Waals surface area contributed by atoms with Crippen LogP contribution in [0.2, 0.25) is 0 Å². The van der Waals surface area contributed by atoms with Crippen LogP contribution >= 0.6 is 0 Å². The molecular formula is C35H50F3NO11. The third-order valence-corrected chi connectivity index (χ3v) is 6.18. The second-order valence-electron chi connectivity index (χ2n) is 11.5. The van der Waals surface area contributed by atoms with Gasteiger partial charge in [0.1, 0.15) is 12.2 Å². The second-order valence-corrected chi connectivity index (χ2v) is 11.5. The zero-order chi connectivity index (χ0) is 36.5. The van der Waals surface area contributed by atoms with Crippen molar-refractivity contribution in [2.24, 2.45) is 0 Å². The molecule has 12 nitrogen and oxygen atoms in total. The lowest BCUT2D eigenvalue weighted by molar-refractivity contribution is -0.156. The Morgan fingerprint density at radius 1 is 0.600 bits per heavy atom. The van der Waals surface area contributed by atoms with Gasteiger partial charge in [0, 0.05) is 5.69 Å². The van der Waals surface area contributed by atoms with Crippen molar-refractivity contribution in [2.45, 2.75) is 39.0 Å². The third-order valence-electron chi connectivity index (χ3n) is 6.18. The minimum atomic E-state index is -4.48. The minimum absolute atomic E-state index is 0.00596. The Morgan fingerprint density at radius 2 is 1.06 bits per heavy atom. The molecule has 282 valence electrons. The Morgan fingerprint density at radius 3 is 1.54 bits per heavy atom. The van der Waals surface area contributed by atoms with Crippen molar-refractivity contribution in [1.82, 2.24) is 0 Å². The van der Waals surface area contributed by atoms with Gasteiger partial charge >= 0.3 is 18.1 Å². The summed E-state index contributed by atoms with van der Waals surface area (Å²) in [4.78, 5) is 24.1. The van der Waals surface area contributed by atoms with Crippen LogP contribution in [0.4, 0.5) is 24.5 Å². The zero-order valence-electron chi connectivity index (χ0n) is 29.1. The molecule has 0 aliphatic heterocycles. The van der Waals surface area contributed by atoms with Gasteiger partial charge in [-0.05, 0) is 51.1 Å². The van der Waals surface area contributed by atoms with E-state index in [1.54, 1.807) is 18.2 Å². The monoisotopic (exact) mass is 717 g/mol. The molecule has 0 unspecified atom stereocenters. The van der Waals surface area contributed by atoms with Crippen LogP contribution in [0.3, 0.4) is 0 Å². The van der Waals surface area contributed by atoms with Crippen LogP contribution in [0, 0.1) is 0 Å². The molecule has 0 spiro atoms. The largest absolute Gasteiger partial charge is 0.460 e. The van der Waals surface area contributed by atoms with Crippen molar-refractivity contribution in [2.75, 3.05) is 104 Å². The number of halogens is 3. The van der Waals surface area contributed by atoms with Crippen LogP contribution < -0.4 is 5.32 Å². The van der Waals surface area contributed by atoms with E-state index in [4.69, 9.17) is 42.6 Å². The van der Waals surface area contributed by atoms with Gasteiger partial charge in [0.15, 0.2) is 0 Å². The van der Waals surface area contributed by atoms with Gasteiger partial charge < -0.3 is 47.9 Å². The summed E-state index contributed by atoms with van der Waals surface area (Å²) in [6.07, 6.45) is -4.27. The average Bonchev–Trinajstić information content (AvgIpc) is 3.05. The summed E-state index contributed by atoms with van der Waals surface area (Å²) in [6, 6.07) is 11.1. The predicted octanol–water partition coefficient (Wildman–Crippen LogP) is 5.45. The first-order chi connectivity index (χ1) is 24.0. The molecule has 0 saturated heterocycles. The highest BCUT2D eigenvalue weighted by Gasteiger charge is 2.30. The van der Waals surface area contributed by atoms with E-state index in [-0.39, 0.29) is 36.9 Å². The smallest absolute Gasteiger partial charge is 0.416 e. The van der Waals surface area contributed by atoms with E-state index in [0.29, 0.717) is 91.6 Å². The van der Waals surface area contributed by atoms with Crippen LogP contribution in [-0.4, -0.2) is 117 Å². The molecule has 0 aliphatic carbocycles. The third kappa shape index (κ3) is 21.0. The molecule has 2 rings (SSSR count). The molecule has 0 aliphatic rings. The van der Waals surface area contributed by atoms with Gasteiger partial charge in [-0.2, -0.15) is 13.2 Å².